The summed E-state index contributed by atoms with van der Waals surface area (Å²) < 4.78 is 0. The van der Waals surface area contributed by atoms with Gasteiger partial charge in [-0.1, -0.05) is 31.7 Å². The predicted octanol–water partition coefficient (Wildman–Crippen LogP) is 1.34. The predicted molar refractivity (Wildman–Crippen MR) is 40.3 cm³/mol. The molecule has 0 amide bonds. The van der Waals surface area contributed by atoms with Gasteiger partial charge in [0.25, 0.3) is 0 Å². The quantitative estimate of drug-likeness (QED) is 0.444. The molecule has 1 heterocycles. The lowest BCUT2D eigenvalue weighted by atomic mass is 10.1. The first-order valence-electron chi connectivity index (χ1n) is 3.37. The van der Waals surface area contributed by atoms with Crippen LogP contribution in [0.25, 0.3) is 0 Å². The Kier molecular flexibility index (Phi) is 2.06. The van der Waals surface area contributed by atoms with Gasteiger partial charge in [0.2, 0.25) is 0 Å². The van der Waals surface area contributed by atoms with Crippen molar-refractivity contribution in [3.63, 3.8) is 0 Å². The fraction of sp³-hybridized carbons (Fsp3) is 0.500. The zero-order valence-electron chi connectivity index (χ0n) is 5.80. The lowest BCUT2D eigenvalue weighted by molar-refractivity contribution is 0.706. The van der Waals surface area contributed by atoms with Crippen LogP contribution in [-0.2, 0) is 0 Å². The third kappa shape index (κ3) is 2.02. The first kappa shape index (κ1) is 6.56. The third-order valence-corrected chi connectivity index (χ3v) is 1.63. The van der Waals surface area contributed by atoms with Crippen LogP contribution in [0, 0.1) is 5.92 Å². The van der Waals surface area contributed by atoms with Crippen LogP contribution in [0.3, 0.4) is 0 Å². The molecule has 0 saturated carbocycles. The largest absolute Gasteiger partial charge is 0.311 e. The second kappa shape index (κ2) is 2.83. The fourth-order valence-corrected chi connectivity index (χ4v) is 0.828. The Balaban J connectivity index is 2.23. The highest BCUT2D eigenvalue weighted by atomic mass is 15.1. The molecular formula is C8H13N. The van der Waals surface area contributed by atoms with Crippen molar-refractivity contribution in [3.8, 4) is 0 Å². The second-order valence-electron chi connectivity index (χ2n) is 2.49. The first-order valence-corrected chi connectivity index (χ1v) is 3.37. The Morgan fingerprint density at radius 3 is 2.89 bits per heavy atom. The second-order valence-corrected chi connectivity index (χ2v) is 2.49. The lowest BCUT2D eigenvalue weighted by Gasteiger charge is -1.97. The average molecular weight is 123 g/mol. The monoisotopic (exact) mass is 123 g/mol. The summed E-state index contributed by atoms with van der Waals surface area (Å²) in [5, 5.41) is 3.26. The van der Waals surface area contributed by atoms with Crippen molar-refractivity contribution < 1.29 is 0 Å². The molecule has 1 N–H and O–H groups in total. The van der Waals surface area contributed by atoms with Gasteiger partial charge in [-0.15, -0.1) is 0 Å². The van der Waals surface area contributed by atoms with Crippen LogP contribution in [0.4, 0.5) is 0 Å². The highest BCUT2D eigenvalue weighted by Crippen LogP contribution is 2.12. The Morgan fingerprint density at radius 1 is 1.78 bits per heavy atom. The number of rotatable bonds is 3. The fourth-order valence-electron chi connectivity index (χ4n) is 0.828. The van der Waals surface area contributed by atoms with Crippen LogP contribution < -0.4 is 5.32 Å². The Bertz CT molecular complexity index is 123. The summed E-state index contributed by atoms with van der Waals surface area (Å²) in [6, 6.07) is 0.737. The molecule has 50 valence electrons. The van der Waals surface area contributed by atoms with Crippen LogP contribution >= 0.6 is 0 Å². The molecule has 1 heteroatoms. The summed E-state index contributed by atoms with van der Waals surface area (Å²) >= 11 is 0. The van der Waals surface area contributed by atoms with Crippen molar-refractivity contribution in [1.29, 1.82) is 0 Å². The summed E-state index contributed by atoms with van der Waals surface area (Å²) in [4.78, 5) is 0. The molecule has 1 fully saturated rings. The molecule has 0 bridgehead atoms. The molecule has 0 aromatic heterocycles. The summed E-state index contributed by atoms with van der Waals surface area (Å²) in [5.74, 6) is 0.669. The van der Waals surface area contributed by atoms with E-state index >= 15 is 0 Å². The van der Waals surface area contributed by atoms with Crippen LogP contribution in [-0.4, -0.2) is 12.6 Å². The number of hydrogen-bond acceptors (Lipinski definition) is 1. The maximum Gasteiger partial charge on any atom is 0.0253 e. The molecule has 1 nitrogen and oxygen atoms in total. The van der Waals surface area contributed by atoms with Crippen molar-refractivity contribution in [1.82, 2.24) is 5.32 Å². The Labute approximate surface area is 56.5 Å². The smallest absolute Gasteiger partial charge is 0.0253 e. The van der Waals surface area contributed by atoms with Crippen molar-refractivity contribution in [3.05, 3.63) is 24.8 Å². The lowest BCUT2D eigenvalue weighted by Crippen LogP contribution is -2.01. The minimum absolute atomic E-state index is 0.669. The van der Waals surface area contributed by atoms with E-state index in [2.05, 4.69) is 24.9 Å². The van der Waals surface area contributed by atoms with E-state index in [4.69, 9.17) is 0 Å². The Hall–Kier alpha value is -0.560. The van der Waals surface area contributed by atoms with Gasteiger partial charge < -0.3 is 5.32 Å². The van der Waals surface area contributed by atoms with E-state index in [1.54, 1.807) is 0 Å². The van der Waals surface area contributed by atoms with Crippen LogP contribution in [0.15, 0.2) is 24.8 Å². The number of allylic oxidation sites excluding steroid dienone is 2. The Morgan fingerprint density at radius 2 is 2.44 bits per heavy atom. The highest BCUT2D eigenvalue weighted by Gasteiger charge is 2.24. The molecule has 1 rings (SSSR count). The zero-order valence-corrected chi connectivity index (χ0v) is 5.80. The van der Waals surface area contributed by atoms with E-state index in [0.29, 0.717) is 5.92 Å². The van der Waals surface area contributed by atoms with Crippen molar-refractivity contribution in [2.75, 3.05) is 6.54 Å². The summed E-state index contributed by atoms with van der Waals surface area (Å²) in [5.41, 5.74) is 0. The molecule has 1 saturated heterocycles. The molecular weight excluding hydrogens is 110 g/mol. The minimum atomic E-state index is 0.669. The van der Waals surface area contributed by atoms with Gasteiger partial charge in [0, 0.05) is 12.6 Å². The van der Waals surface area contributed by atoms with E-state index in [1.165, 1.54) is 6.54 Å². The summed E-state index contributed by atoms with van der Waals surface area (Å²) in [6.45, 7) is 7.00. The van der Waals surface area contributed by atoms with Crippen molar-refractivity contribution in [2.45, 2.75) is 13.0 Å². The van der Waals surface area contributed by atoms with E-state index in [-0.39, 0.29) is 0 Å². The standard InChI is InChI=1S/C8H13N/c1-3-4-5-7(2)8-6-9-8/h3-5,7-9H,1,6H2,2H3. The van der Waals surface area contributed by atoms with Crippen LogP contribution in [0.1, 0.15) is 6.92 Å². The van der Waals surface area contributed by atoms with Crippen molar-refractivity contribution in [2.24, 2.45) is 5.92 Å². The van der Waals surface area contributed by atoms with Gasteiger partial charge in [0.1, 0.15) is 0 Å². The van der Waals surface area contributed by atoms with Gasteiger partial charge in [-0.25, -0.2) is 0 Å². The zero-order chi connectivity index (χ0) is 6.69. The molecule has 1 aliphatic rings. The normalized spacial score (nSPS) is 28.3. The van der Waals surface area contributed by atoms with E-state index in [0.717, 1.165) is 6.04 Å². The average Bonchev–Trinajstić information content (AvgIpc) is 2.63. The van der Waals surface area contributed by atoms with Gasteiger partial charge >= 0.3 is 0 Å². The molecule has 2 unspecified atom stereocenters. The molecule has 0 aromatic rings. The van der Waals surface area contributed by atoms with E-state index in [9.17, 15) is 0 Å². The van der Waals surface area contributed by atoms with Crippen LogP contribution in [0.5, 0.6) is 0 Å². The van der Waals surface area contributed by atoms with Gasteiger partial charge in [0.15, 0.2) is 0 Å². The van der Waals surface area contributed by atoms with Gasteiger partial charge in [-0.2, -0.15) is 0 Å². The minimum Gasteiger partial charge on any atom is -0.311 e. The van der Waals surface area contributed by atoms with Crippen molar-refractivity contribution >= 4 is 0 Å². The first-order chi connectivity index (χ1) is 4.34. The van der Waals surface area contributed by atoms with E-state index in [1.807, 2.05) is 12.2 Å². The summed E-state index contributed by atoms with van der Waals surface area (Å²) in [6.07, 6.45) is 6.00. The van der Waals surface area contributed by atoms with Crippen LogP contribution in [0.2, 0.25) is 0 Å². The van der Waals surface area contributed by atoms with Gasteiger partial charge in [-0.05, 0) is 5.92 Å². The highest BCUT2D eigenvalue weighted by molar-refractivity contribution is 5.05. The topological polar surface area (TPSA) is 21.9 Å². The number of hydrogen-bond donors (Lipinski definition) is 1. The van der Waals surface area contributed by atoms with E-state index < -0.39 is 0 Å². The van der Waals surface area contributed by atoms with Gasteiger partial charge in [0.05, 0.1) is 0 Å². The molecule has 0 spiro atoms. The molecule has 9 heavy (non-hydrogen) atoms. The maximum absolute atomic E-state index is 3.61. The summed E-state index contributed by atoms with van der Waals surface area (Å²) in [7, 11) is 0. The molecule has 0 aromatic carbocycles. The maximum atomic E-state index is 3.61. The van der Waals surface area contributed by atoms with Gasteiger partial charge in [-0.3, -0.25) is 0 Å². The SMILES string of the molecule is C=CC=CC(C)C1CN1. The number of nitrogens with one attached hydrogen (secondary N) is 1. The molecule has 0 radical (unpaired) electrons. The molecule has 2 atom stereocenters. The molecule has 0 aliphatic carbocycles. The molecule has 1 aliphatic heterocycles. The third-order valence-electron chi connectivity index (χ3n) is 1.63.